The van der Waals surface area contributed by atoms with Crippen LogP contribution in [0.15, 0.2) is 0 Å². The van der Waals surface area contributed by atoms with Gasteiger partial charge in [0.25, 0.3) is 0 Å². The van der Waals surface area contributed by atoms with Crippen LogP contribution in [0.3, 0.4) is 0 Å². The summed E-state index contributed by atoms with van der Waals surface area (Å²) >= 11 is 0. The first-order chi connectivity index (χ1) is 9.41. The molecule has 0 aromatic rings. The molecule has 0 aliphatic rings. The average molecular weight is 265 g/mol. The Balaban J connectivity index is 3.04. The zero-order valence-electron chi connectivity index (χ0n) is 13.2. The highest BCUT2D eigenvalue weighted by Crippen LogP contribution is 2.10. The molecule has 2 N–H and O–H groups in total. The summed E-state index contributed by atoms with van der Waals surface area (Å²) in [7, 11) is 0. The van der Waals surface area contributed by atoms with E-state index in [0.29, 0.717) is 0 Å². The lowest BCUT2D eigenvalue weighted by Crippen LogP contribution is -1.97. The van der Waals surface area contributed by atoms with E-state index in [0.717, 1.165) is 25.8 Å². The number of rotatable bonds is 13. The Labute approximate surface area is 121 Å². The maximum atomic E-state index is 5.45. The molecule has 0 amide bonds. The molecule has 0 saturated carbocycles. The second-order valence-corrected chi connectivity index (χ2v) is 5.53. The third-order valence-corrected chi connectivity index (χ3v) is 3.54. The van der Waals surface area contributed by atoms with E-state index in [9.17, 15) is 0 Å². The fourth-order valence-electron chi connectivity index (χ4n) is 2.24. The monoisotopic (exact) mass is 265 g/mol. The van der Waals surface area contributed by atoms with Gasteiger partial charge in [-0.15, -0.1) is 11.8 Å². The molecule has 0 bridgehead atoms. The van der Waals surface area contributed by atoms with E-state index in [-0.39, 0.29) is 0 Å². The SMILES string of the molecule is CCCCCCCCCCCC#CCCCCCN. The van der Waals surface area contributed by atoms with Crippen LogP contribution in [-0.2, 0) is 0 Å². The zero-order valence-corrected chi connectivity index (χ0v) is 13.2. The van der Waals surface area contributed by atoms with Crippen molar-refractivity contribution in [1.82, 2.24) is 0 Å². The standard InChI is InChI=1S/C18H35N/c1-2-3-4-5-6-7-8-9-10-11-12-13-14-15-16-17-18-19/h2-11,14-19H2,1H3. The number of nitrogens with two attached hydrogens (primary N) is 1. The first-order valence-corrected chi connectivity index (χ1v) is 8.57. The van der Waals surface area contributed by atoms with Crippen molar-refractivity contribution in [2.75, 3.05) is 6.54 Å². The zero-order chi connectivity index (χ0) is 14.0. The summed E-state index contributed by atoms with van der Waals surface area (Å²) in [5.41, 5.74) is 5.45. The summed E-state index contributed by atoms with van der Waals surface area (Å²) in [5, 5.41) is 0. The quantitative estimate of drug-likeness (QED) is 0.349. The Morgan fingerprint density at radius 2 is 1.00 bits per heavy atom. The fourth-order valence-corrected chi connectivity index (χ4v) is 2.24. The maximum absolute atomic E-state index is 5.45. The second-order valence-electron chi connectivity index (χ2n) is 5.53. The van der Waals surface area contributed by atoms with E-state index >= 15 is 0 Å². The van der Waals surface area contributed by atoms with Crippen molar-refractivity contribution in [1.29, 1.82) is 0 Å². The van der Waals surface area contributed by atoms with Crippen LogP contribution >= 0.6 is 0 Å². The van der Waals surface area contributed by atoms with Gasteiger partial charge in [-0.25, -0.2) is 0 Å². The molecule has 0 fully saturated rings. The van der Waals surface area contributed by atoms with Gasteiger partial charge >= 0.3 is 0 Å². The molecule has 0 aliphatic heterocycles. The van der Waals surface area contributed by atoms with E-state index in [1.165, 1.54) is 70.6 Å². The molecule has 0 radical (unpaired) electrons. The lowest BCUT2D eigenvalue weighted by molar-refractivity contribution is 0.567. The Morgan fingerprint density at radius 3 is 1.47 bits per heavy atom. The Morgan fingerprint density at radius 1 is 0.579 bits per heavy atom. The Bertz CT molecular complexity index is 211. The first-order valence-electron chi connectivity index (χ1n) is 8.57. The highest BCUT2D eigenvalue weighted by atomic mass is 14.5. The molecule has 0 heterocycles. The Kier molecular flexibility index (Phi) is 17.1. The van der Waals surface area contributed by atoms with Crippen molar-refractivity contribution in [3.63, 3.8) is 0 Å². The van der Waals surface area contributed by atoms with Gasteiger partial charge in [0.1, 0.15) is 0 Å². The van der Waals surface area contributed by atoms with Gasteiger partial charge < -0.3 is 5.73 Å². The summed E-state index contributed by atoms with van der Waals surface area (Å²) < 4.78 is 0. The summed E-state index contributed by atoms with van der Waals surface area (Å²) in [6.07, 6.45) is 18.4. The second kappa shape index (κ2) is 17.5. The van der Waals surface area contributed by atoms with Gasteiger partial charge in [-0.3, -0.25) is 0 Å². The van der Waals surface area contributed by atoms with Crippen LogP contribution in [-0.4, -0.2) is 6.54 Å². The summed E-state index contributed by atoms with van der Waals surface area (Å²) in [5.74, 6) is 6.58. The molecule has 1 nitrogen and oxygen atoms in total. The predicted molar refractivity (Wildman–Crippen MR) is 87.1 cm³/mol. The van der Waals surface area contributed by atoms with Crippen molar-refractivity contribution in [2.45, 2.75) is 96.8 Å². The molecule has 0 aromatic heterocycles. The lowest BCUT2D eigenvalue weighted by atomic mass is 10.1. The fraction of sp³-hybridized carbons (Fsp3) is 0.889. The normalized spacial score (nSPS) is 10.2. The minimum atomic E-state index is 0.825. The molecular weight excluding hydrogens is 230 g/mol. The van der Waals surface area contributed by atoms with E-state index in [1.54, 1.807) is 0 Å². The van der Waals surface area contributed by atoms with E-state index in [4.69, 9.17) is 5.73 Å². The molecule has 0 unspecified atom stereocenters. The van der Waals surface area contributed by atoms with Gasteiger partial charge in [0, 0.05) is 12.8 Å². The molecule has 112 valence electrons. The first kappa shape index (κ1) is 18.5. The molecule has 0 rings (SSSR count). The van der Waals surface area contributed by atoms with Gasteiger partial charge in [-0.1, -0.05) is 64.7 Å². The van der Waals surface area contributed by atoms with Crippen molar-refractivity contribution in [2.24, 2.45) is 5.73 Å². The van der Waals surface area contributed by atoms with Gasteiger partial charge in [0.2, 0.25) is 0 Å². The van der Waals surface area contributed by atoms with Crippen molar-refractivity contribution in [3.8, 4) is 11.8 Å². The van der Waals surface area contributed by atoms with Crippen LogP contribution in [0, 0.1) is 11.8 Å². The highest BCUT2D eigenvalue weighted by molar-refractivity contribution is 4.98. The largest absolute Gasteiger partial charge is 0.330 e. The number of hydrogen-bond acceptors (Lipinski definition) is 1. The lowest BCUT2D eigenvalue weighted by Gasteiger charge is -2.00. The van der Waals surface area contributed by atoms with Crippen LogP contribution in [0.1, 0.15) is 96.8 Å². The average Bonchev–Trinajstić information content (AvgIpc) is 2.43. The van der Waals surface area contributed by atoms with E-state index < -0.39 is 0 Å². The van der Waals surface area contributed by atoms with Crippen molar-refractivity contribution < 1.29 is 0 Å². The molecule has 0 atom stereocenters. The van der Waals surface area contributed by atoms with Crippen LogP contribution in [0.4, 0.5) is 0 Å². The van der Waals surface area contributed by atoms with Gasteiger partial charge in [0.05, 0.1) is 0 Å². The van der Waals surface area contributed by atoms with Crippen molar-refractivity contribution >= 4 is 0 Å². The summed E-state index contributed by atoms with van der Waals surface area (Å²) in [6, 6.07) is 0. The van der Waals surface area contributed by atoms with Crippen LogP contribution < -0.4 is 5.73 Å². The molecule has 0 aromatic carbocycles. The molecule has 19 heavy (non-hydrogen) atoms. The minimum absolute atomic E-state index is 0.825. The highest BCUT2D eigenvalue weighted by Gasteiger charge is 1.91. The summed E-state index contributed by atoms with van der Waals surface area (Å²) in [6.45, 7) is 3.10. The predicted octanol–water partition coefficient (Wildman–Crippen LogP) is 5.43. The third-order valence-electron chi connectivity index (χ3n) is 3.54. The number of hydrogen-bond donors (Lipinski definition) is 1. The minimum Gasteiger partial charge on any atom is -0.330 e. The van der Waals surface area contributed by atoms with Crippen LogP contribution in [0.5, 0.6) is 0 Å². The van der Waals surface area contributed by atoms with Crippen LogP contribution in [0.25, 0.3) is 0 Å². The van der Waals surface area contributed by atoms with E-state index in [1.807, 2.05) is 0 Å². The molecule has 0 saturated heterocycles. The van der Waals surface area contributed by atoms with Crippen molar-refractivity contribution in [3.05, 3.63) is 0 Å². The van der Waals surface area contributed by atoms with Gasteiger partial charge in [0.15, 0.2) is 0 Å². The van der Waals surface area contributed by atoms with Gasteiger partial charge in [-0.2, -0.15) is 0 Å². The molecular formula is C18H35N. The van der Waals surface area contributed by atoms with E-state index in [2.05, 4.69) is 18.8 Å². The molecule has 1 heteroatoms. The van der Waals surface area contributed by atoms with Gasteiger partial charge in [-0.05, 0) is 25.8 Å². The third kappa shape index (κ3) is 17.5. The van der Waals surface area contributed by atoms with Crippen LogP contribution in [0.2, 0.25) is 0 Å². The molecule has 0 spiro atoms. The topological polar surface area (TPSA) is 26.0 Å². The maximum Gasteiger partial charge on any atom is 0.00886 e. The summed E-state index contributed by atoms with van der Waals surface area (Å²) in [4.78, 5) is 0. The Hall–Kier alpha value is -0.480. The molecule has 0 aliphatic carbocycles. The smallest absolute Gasteiger partial charge is 0.00886 e. The number of unbranched alkanes of at least 4 members (excludes halogenated alkanes) is 12.